The van der Waals surface area contributed by atoms with Gasteiger partial charge in [0.05, 0.1) is 5.75 Å². The molecule has 164 valence electrons. The molecule has 0 aliphatic rings. The third-order valence-electron chi connectivity index (χ3n) is 5.05. The second-order valence-corrected chi connectivity index (χ2v) is 8.67. The van der Waals surface area contributed by atoms with Crippen LogP contribution in [0, 0.1) is 13.8 Å². The largest absolute Gasteiger partial charge is 0.485 e. The molecule has 0 saturated heterocycles. The lowest BCUT2D eigenvalue weighted by Gasteiger charge is -2.14. The Bertz CT molecular complexity index is 1030. The van der Waals surface area contributed by atoms with Gasteiger partial charge in [0.15, 0.2) is 11.0 Å². The van der Waals surface area contributed by atoms with Crippen LogP contribution in [-0.2, 0) is 17.9 Å². The van der Waals surface area contributed by atoms with Gasteiger partial charge in [-0.25, -0.2) is 0 Å². The van der Waals surface area contributed by atoms with Crippen molar-refractivity contribution in [2.75, 3.05) is 11.1 Å². The summed E-state index contributed by atoms with van der Waals surface area (Å²) in [5, 5.41) is 12.3. The van der Waals surface area contributed by atoms with Crippen LogP contribution in [0.25, 0.3) is 0 Å². The minimum atomic E-state index is -0.0583. The maximum absolute atomic E-state index is 12.5. The van der Waals surface area contributed by atoms with Crippen molar-refractivity contribution in [3.8, 4) is 5.75 Å². The van der Waals surface area contributed by atoms with Crippen molar-refractivity contribution in [2.45, 2.75) is 58.8 Å². The number of anilines is 1. The van der Waals surface area contributed by atoms with Gasteiger partial charge in [0.1, 0.15) is 12.4 Å². The maximum atomic E-state index is 12.5. The number of ether oxygens (including phenoxy) is 1. The highest BCUT2D eigenvalue weighted by Crippen LogP contribution is 2.26. The van der Waals surface area contributed by atoms with Crippen LogP contribution in [0.15, 0.2) is 47.6 Å². The van der Waals surface area contributed by atoms with Gasteiger partial charge in [0, 0.05) is 12.2 Å². The molecule has 0 aliphatic carbocycles. The Morgan fingerprint density at radius 3 is 2.48 bits per heavy atom. The van der Waals surface area contributed by atoms with Crippen LogP contribution in [0.5, 0.6) is 5.75 Å². The first-order valence-electron chi connectivity index (χ1n) is 10.5. The van der Waals surface area contributed by atoms with Crippen molar-refractivity contribution in [1.29, 1.82) is 0 Å². The van der Waals surface area contributed by atoms with Crippen LogP contribution in [0.2, 0.25) is 0 Å². The monoisotopic (exact) mass is 438 g/mol. The number of aryl methyl sites for hydroxylation is 2. The first kappa shape index (κ1) is 22.9. The molecule has 2 aromatic carbocycles. The van der Waals surface area contributed by atoms with Gasteiger partial charge >= 0.3 is 0 Å². The Balaban J connectivity index is 1.63. The van der Waals surface area contributed by atoms with E-state index in [1.807, 2.05) is 67.8 Å². The molecule has 0 spiro atoms. The number of carbonyl (C=O) groups excluding carboxylic acids is 1. The summed E-state index contributed by atoms with van der Waals surface area (Å²) < 4.78 is 8.03. The lowest BCUT2D eigenvalue weighted by molar-refractivity contribution is -0.113. The quantitative estimate of drug-likeness (QED) is 0.456. The lowest BCUT2D eigenvalue weighted by Crippen LogP contribution is -2.16. The Morgan fingerprint density at radius 1 is 1.10 bits per heavy atom. The summed E-state index contributed by atoms with van der Waals surface area (Å²) in [5.74, 6) is 2.18. The van der Waals surface area contributed by atoms with Crippen LogP contribution in [0.3, 0.4) is 0 Å². The molecule has 3 aromatic rings. The highest BCUT2D eigenvalue weighted by molar-refractivity contribution is 7.99. The summed E-state index contributed by atoms with van der Waals surface area (Å²) in [5.41, 5.74) is 4.18. The molecule has 31 heavy (non-hydrogen) atoms. The van der Waals surface area contributed by atoms with Crippen molar-refractivity contribution < 1.29 is 9.53 Å². The number of nitrogens with zero attached hydrogens (tertiary/aromatic N) is 3. The molecule has 0 aliphatic heterocycles. The molecule has 0 saturated carbocycles. The fraction of sp³-hybridized carbons (Fsp3) is 0.375. The summed E-state index contributed by atoms with van der Waals surface area (Å²) in [7, 11) is 0. The van der Waals surface area contributed by atoms with Crippen LogP contribution >= 0.6 is 11.8 Å². The van der Waals surface area contributed by atoms with Crippen LogP contribution in [0.4, 0.5) is 5.69 Å². The normalized spacial score (nSPS) is 11.0. The lowest BCUT2D eigenvalue weighted by atomic mass is 10.0. The Labute approximate surface area is 188 Å². The summed E-state index contributed by atoms with van der Waals surface area (Å²) in [6.45, 7) is 11.4. The van der Waals surface area contributed by atoms with E-state index in [9.17, 15) is 4.79 Å². The van der Waals surface area contributed by atoms with E-state index in [1.54, 1.807) is 0 Å². The van der Waals surface area contributed by atoms with Crippen molar-refractivity contribution in [3.63, 3.8) is 0 Å². The van der Waals surface area contributed by atoms with E-state index < -0.39 is 0 Å². The van der Waals surface area contributed by atoms with Gasteiger partial charge in [-0.05, 0) is 49.4 Å². The van der Waals surface area contributed by atoms with Crippen LogP contribution in [0.1, 0.15) is 49.2 Å². The van der Waals surface area contributed by atoms with Crippen molar-refractivity contribution in [1.82, 2.24) is 14.8 Å². The molecule has 0 radical (unpaired) electrons. The second kappa shape index (κ2) is 10.5. The molecule has 0 bridgehead atoms. The Morgan fingerprint density at radius 2 is 1.81 bits per heavy atom. The molecular formula is C24H30N4O2S. The predicted octanol–water partition coefficient (Wildman–Crippen LogP) is 5.35. The number of benzene rings is 2. The van der Waals surface area contributed by atoms with E-state index in [0.29, 0.717) is 19.1 Å². The third kappa shape index (κ3) is 5.67. The molecule has 0 atom stereocenters. The van der Waals surface area contributed by atoms with Crippen molar-refractivity contribution in [3.05, 3.63) is 65.0 Å². The SMILES string of the molecule is CCn1c(COc2c(C)cccc2C)nnc1SCC(=O)Nc1ccccc1C(C)C. The molecular weight excluding hydrogens is 408 g/mol. The molecule has 0 unspecified atom stereocenters. The molecule has 3 rings (SSSR count). The van der Waals surface area contributed by atoms with Gasteiger partial charge in [-0.3, -0.25) is 4.79 Å². The van der Waals surface area contributed by atoms with Gasteiger partial charge in [-0.2, -0.15) is 0 Å². The first-order chi connectivity index (χ1) is 14.9. The summed E-state index contributed by atoms with van der Waals surface area (Å²) in [6, 6.07) is 14.0. The number of hydrogen-bond donors (Lipinski definition) is 1. The highest BCUT2D eigenvalue weighted by Gasteiger charge is 2.15. The smallest absolute Gasteiger partial charge is 0.234 e. The molecule has 1 amide bonds. The zero-order valence-corrected chi connectivity index (χ0v) is 19.6. The molecule has 1 aromatic heterocycles. The minimum Gasteiger partial charge on any atom is -0.485 e. The second-order valence-electron chi connectivity index (χ2n) is 7.73. The number of hydrogen-bond acceptors (Lipinski definition) is 5. The summed E-state index contributed by atoms with van der Waals surface area (Å²) in [6.07, 6.45) is 0. The van der Waals surface area contributed by atoms with Gasteiger partial charge in [0.25, 0.3) is 0 Å². The van der Waals surface area contributed by atoms with Crippen molar-refractivity contribution >= 4 is 23.4 Å². The van der Waals surface area contributed by atoms with E-state index in [2.05, 4.69) is 29.4 Å². The number of rotatable bonds is 9. The average Bonchev–Trinajstić information content (AvgIpc) is 3.14. The van der Waals surface area contributed by atoms with Crippen molar-refractivity contribution in [2.24, 2.45) is 0 Å². The highest BCUT2D eigenvalue weighted by atomic mass is 32.2. The van der Waals surface area contributed by atoms with E-state index in [4.69, 9.17) is 4.74 Å². The van der Waals surface area contributed by atoms with E-state index >= 15 is 0 Å². The first-order valence-corrected chi connectivity index (χ1v) is 11.5. The molecule has 6 nitrogen and oxygen atoms in total. The standard InChI is InChI=1S/C24H30N4O2S/c1-6-28-21(14-30-23-17(4)10-9-11-18(23)5)26-27-24(28)31-15-22(29)25-20-13-8-7-12-19(20)16(2)3/h7-13,16H,6,14-15H2,1-5H3,(H,25,29). The van der Waals surface area contributed by atoms with Gasteiger partial charge in [0.2, 0.25) is 5.91 Å². The number of nitrogens with one attached hydrogen (secondary N) is 1. The third-order valence-corrected chi connectivity index (χ3v) is 6.02. The minimum absolute atomic E-state index is 0.0583. The molecule has 7 heteroatoms. The average molecular weight is 439 g/mol. The molecule has 1 heterocycles. The van der Waals surface area contributed by atoms with Gasteiger partial charge in [-0.1, -0.05) is 62.0 Å². The van der Waals surface area contributed by atoms with Gasteiger partial charge in [-0.15, -0.1) is 10.2 Å². The predicted molar refractivity (Wildman–Crippen MR) is 126 cm³/mol. The summed E-state index contributed by atoms with van der Waals surface area (Å²) in [4.78, 5) is 12.5. The van der Waals surface area contributed by atoms with Crippen LogP contribution < -0.4 is 10.1 Å². The number of para-hydroxylation sites is 2. The molecule has 1 N–H and O–H groups in total. The number of carbonyl (C=O) groups is 1. The molecule has 0 fully saturated rings. The number of amides is 1. The summed E-state index contributed by atoms with van der Waals surface area (Å²) >= 11 is 1.38. The van der Waals surface area contributed by atoms with Gasteiger partial charge < -0.3 is 14.6 Å². The zero-order chi connectivity index (χ0) is 22.4. The van der Waals surface area contributed by atoms with E-state index in [-0.39, 0.29) is 11.7 Å². The number of aromatic nitrogens is 3. The zero-order valence-electron chi connectivity index (χ0n) is 18.8. The van der Waals surface area contributed by atoms with E-state index in [1.165, 1.54) is 11.8 Å². The van der Waals surface area contributed by atoms with Crippen LogP contribution in [-0.4, -0.2) is 26.4 Å². The fourth-order valence-corrected chi connectivity index (χ4v) is 4.27. The topological polar surface area (TPSA) is 69.0 Å². The Kier molecular flexibility index (Phi) is 7.74. The fourth-order valence-electron chi connectivity index (χ4n) is 3.44. The maximum Gasteiger partial charge on any atom is 0.234 e. The number of thioether (sulfide) groups is 1. The van der Waals surface area contributed by atoms with E-state index in [0.717, 1.165) is 39.1 Å². The Hall–Kier alpha value is -2.80.